The maximum atomic E-state index is 2.24. The first kappa shape index (κ1) is 20.5. The summed E-state index contributed by atoms with van der Waals surface area (Å²) in [7, 11) is 1.56. The molecule has 1 unspecified atom stereocenters. The van der Waals surface area contributed by atoms with Gasteiger partial charge < -0.3 is 0 Å². The van der Waals surface area contributed by atoms with Crippen molar-refractivity contribution in [2.24, 2.45) is 0 Å². The van der Waals surface area contributed by atoms with Crippen LogP contribution in [0, 0.1) is 0 Å². The summed E-state index contributed by atoms with van der Waals surface area (Å²) in [5.74, 6) is 0. The minimum Gasteiger partial charge on any atom is -0.0622 e. The van der Waals surface area contributed by atoms with Gasteiger partial charge in [-0.05, 0) is 33.2 Å². The Labute approximate surface area is 172 Å². The fourth-order valence-electron chi connectivity index (χ4n) is 2.84. The molecular formula is C26H26P2. The second kappa shape index (κ2) is 11.6. The fourth-order valence-corrected chi connectivity index (χ4v) is 5.16. The van der Waals surface area contributed by atoms with E-state index in [4.69, 9.17) is 0 Å². The van der Waals surface area contributed by atoms with Crippen LogP contribution in [0.15, 0.2) is 115 Å². The lowest BCUT2D eigenvalue weighted by Crippen LogP contribution is -2.07. The highest BCUT2D eigenvalue weighted by molar-refractivity contribution is 7.55. The average molecular weight is 400 g/mol. The summed E-state index contributed by atoms with van der Waals surface area (Å²) in [4.78, 5) is 0. The third kappa shape index (κ3) is 6.72. The summed E-state index contributed by atoms with van der Waals surface area (Å²) in [6.45, 7) is 2.22. The molecule has 0 aliphatic rings. The Morgan fingerprint density at radius 3 is 1.32 bits per heavy atom. The van der Waals surface area contributed by atoms with Crippen LogP contribution in [0.4, 0.5) is 0 Å². The molecule has 0 bridgehead atoms. The molecule has 0 aliphatic heterocycles. The highest BCUT2D eigenvalue weighted by Crippen LogP contribution is 2.13. The minimum atomic E-state index is 0.777. The first-order chi connectivity index (χ1) is 13.8. The van der Waals surface area contributed by atoms with Crippen LogP contribution in [0.3, 0.4) is 0 Å². The number of aryl methyl sites for hydroxylation is 1. The maximum Gasteiger partial charge on any atom is -0.0194 e. The molecule has 4 aromatic rings. The molecule has 2 heteroatoms. The Hall–Kier alpha value is -2.26. The minimum absolute atomic E-state index is 0.777. The van der Waals surface area contributed by atoms with Crippen molar-refractivity contribution < 1.29 is 0 Å². The van der Waals surface area contributed by atoms with Gasteiger partial charge in [0.25, 0.3) is 0 Å². The topological polar surface area (TPSA) is 0 Å². The van der Waals surface area contributed by atoms with Gasteiger partial charge in [-0.3, -0.25) is 0 Å². The summed E-state index contributed by atoms with van der Waals surface area (Å²) in [6.07, 6.45) is 1.12. The molecule has 0 fully saturated rings. The summed E-state index contributed by atoms with van der Waals surface area (Å²) < 4.78 is 0. The van der Waals surface area contributed by atoms with Gasteiger partial charge in [0.1, 0.15) is 0 Å². The number of rotatable bonds is 5. The predicted molar refractivity (Wildman–Crippen MR) is 130 cm³/mol. The van der Waals surface area contributed by atoms with E-state index >= 15 is 0 Å². The van der Waals surface area contributed by atoms with E-state index < -0.39 is 0 Å². The number of hydrogen-bond donors (Lipinski definition) is 0. The van der Waals surface area contributed by atoms with E-state index in [0.717, 1.165) is 23.6 Å². The zero-order valence-electron chi connectivity index (χ0n) is 16.2. The van der Waals surface area contributed by atoms with Crippen molar-refractivity contribution in [1.82, 2.24) is 0 Å². The Balaban J connectivity index is 0.000000162. The third-order valence-electron chi connectivity index (χ3n) is 4.29. The highest BCUT2D eigenvalue weighted by atomic mass is 31.1. The standard InChI is InChI=1S/C14H15P.C12H11P/c1-2-12-8-6-7-11-14(12)15-13-9-4-3-5-10-13;1-3-7-11(8-4-1)13-12-9-5-2-6-10-12/h3-11,15H,2H2,1H3;1-10,13H. The van der Waals surface area contributed by atoms with E-state index in [9.17, 15) is 0 Å². The Kier molecular flexibility index (Phi) is 8.45. The maximum absolute atomic E-state index is 2.24. The summed E-state index contributed by atoms with van der Waals surface area (Å²) in [6, 6.07) is 40.6. The van der Waals surface area contributed by atoms with E-state index in [-0.39, 0.29) is 0 Å². The molecule has 0 amide bonds. The molecule has 0 N–H and O–H groups in total. The molecule has 4 aromatic carbocycles. The van der Waals surface area contributed by atoms with Gasteiger partial charge >= 0.3 is 0 Å². The molecule has 4 rings (SSSR count). The SMILES string of the molecule is CCc1ccccc1Pc1ccccc1.c1ccc(Pc2ccccc2)cc1. The quantitative estimate of drug-likeness (QED) is 0.404. The molecule has 0 aliphatic carbocycles. The molecular weight excluding hydrogens is 374 g/mol. The van der Waals surface area contributed by atoms with Gasteiger partial charge in [0.2, 0.25) is 0 Å². The highest BCUT2D eigenvalue weighted by Gasteiger charge is 2.00. The van der Waals surface area contributed by atoms with Crippen LogP contribution < -0.4 is 21.2 Å². The number of hydrogen-bond acceptors (Lipinski definition) is 0. The molecule has 0 heterocycles. The normalized spacial score (nSPS) is 10.5. The van der Waals surface area contributed by atoms with Crippen LogP contribution in [0.25, 0.3) is 0 Å². The van der Waals surface area contributed by atoms with Gasteiger partial charge in [-0.2, -0.15) is 0 Å². The van der Waals surface area contributed by atoms with Crippen LogP contribution in [-0.4, -0.2) is 0 Å². The molecule has 1 atom stereocenters. The van der Waals surface area contributed by atoms with Gasteiger partial charge in [-0.1, -0.05) is 139 Å². The summed E-state index contributed by atoms with van der Waals surface area (Å²) in [5.41, 5.74) is 1.47. The largest absolute Gasteiger partial charge is 0.0622 e. The summed E-state index contributed by atoms with van der Waals surface area (Å²) >= 11 is 0. The second-order valence-corrected chi connectivity index (χ2v) is 9.13. The smallest absolute Gasteiger partial charge is 0.0194 e. The molecule has 0 nitrogen and oxygen atoms in total. The summed E-state index contributed by atoms with van der Waals surface area (Å²) in [5, 5.41) is 5.69. The monoisotopic (exact) mass is 400 g/mol. The van der Waals surface area contributed by atoms with Crippen molar-refractivity contribution in [1.29, 1.82) is 0 Å². The first-order valence-corrected chi connectivity index (χ1v) is 11.6. The number of benzene rings is 4. The van der Waals surface area contributed by atoms with Crippen molar-refractivity contribution in [2.75, 3.05) is 0 Å². The lowest BCUT2D eigenvalue weighted by molar-refractivity contribution is 1.15. The van der Waals surface area contributed by atoms with Crippen molar-refractivity contribution in [3.63, 3.8) is 0 Å². The fraction of sp³-hybridized carbons (Fsp3) is 0.0769. The third-order valence-corrected chi connectivity index (χ3v) is 6.91. The van der Waals surface area contributed by atoms with Crippen LogP contribution in [-0.2, 0) is 6.42 Å². The van der Waals surface area contributed by atoms with Crippen molar-refractivity contribution in [3.05, 3.63) is 121 Å². The Morgan fingerprint density at radius 2 is 0.857 bits per heavy atom. The van der Waals surface area contributed by atoms with Gasteiger partial charge in [-0.15, -0.1) is 0 Å². The van der Waals surface area contributed by atoms with Gasteiger partial charge in [0.15, 0.2) is 0 Å². The Bertz CT molecular complexity index is 898. The molecule has 0 saturated carbocycles. The zero-order valence-corrected chi connectivity index (χ0v) is 18.2. The van der Waals surface area contributed by atoms with Gasteiger partial charge in [0, 0.05) is 0 Å². The van der Waals surface area contributed by atoms with E-state index in [1.54, 1.807) is 0 Å². The van der Waals surface area contributed by atoms with Crippen LogP contribution in [0.2, 0.25) is 0 Å². The molecule has 140 valence electrons. The van der Waals surface area contributed by atoms with Crippen LogP contribution in [0.1, 0.15) is 12.5 Å². The molecule has 0 saturated heterocycles. The molecule has 28 heavy (non-hydrogen) atoms. The molecule has 0 spiro atoms. The lowest BCUT2D eigenvalue weighted by atomic mass is 10.2. The second-order valence-electron chi connectivity index (χ2n) is 6.36. The van der Waals surface area contributed by atoms with Crippen molar-refractivity contribution >= 4 is 38.4 Å². The van der Waals surface area contributed by atoms with E-state index in [1.165, 1.54) is 26.8 Å². The van der Waals surface area contributed by atoms with Crippen molar-refractivity contribution in [3.8, 4) is 0 Å². The lowest BCUT2D eigenvalue weighted by Gasteiger charge is -2.07. The van der Waals surface area contributed by atoms with E-state index in [1.807, 2.05) is 0 Å². The van der Waals surface area contributed by atoms with Gasteiger partial charge in [-0.25, -0.2) is 0 Å². The molecule has 0 radical (unpaired) electrons. The first-order valence-electron chi connectivity index (χ1n) is 9.62. The zero-order chi connectivity index (χ0) is 19.4. The van der Waals surface area contributed by atoms with Crippen LogP contribution in [0.5, 0.6) is 0 Å². The van der Waals surface area contributed by atoms with Gasteiger partial charge in [0.05, 0.1) is 0 Å². The Morgan fingerprint density at radius 1 is 0.464 bits per heavy atom. The molecule has 0 aromatic heterocycles. The van der Waals surface area contributed by atoms with E-state index in [2.05, 4.69) is 122 Å². The van der Waals surface area contributed by atoms with Crippen molar-refractivity contribution in [2.45, 2.75) is 13.3 Å². The van der Waals surface area contributed by atoms with Crippen LogP contribution >= 0.6 is 17.2 Å². The van der Waals surface area contributed by atoms with E-state index in [0.29, 0.717) is 0 Å². The average Bonchev–Trinajstić information content (AvgIpc) is 2.77. The predicted octanol–water partition coefficient (Wildman–Crippen LogP) is 5.19.